The molecule has 30 heavy (non-hydrogen) atoms. The molecule has 0 spiro atoms. The molecule has 1 aromatic heterocycles. The number of furan rings is 1. The third-order valence-electron chi connectivity index (χ3n) is 5.53. The number of hydrogen-bond donors (Lipinski definition) is 0. The van der Waals surface area contributed by atoms with Gasteiger partial charge in [-0.2, -0.15) is 0 Å². The SMILES string of the molecule is CCCC(OCCP(=[Se])(CCc1ccccc1)CCc1ccccc1)c1ccco1. The van der Waals surface area contributed by atoms with E-state index in [0.717, 1.165) is 44.2 Å². The molecule has 0 saturated carbocycles. The molecule has 3 aromatic rings. The van der Waals surface area contributed by atoms with Crippen molar-refractivity contribution in [2.45, 2.75) is 38.7 Å². The van der Waals surface area contributed by atoms with Crippen molar-refractivity contribution in [1.29, 1.82) is 0 Å². The van der Waals surface area contributed by atoms with Gasteiger partial charge < -0.3 is 0 Å². The molecule has 160 valence electrons. The topological polar surface area (TPSA) is 22.4 Å². The molecule has 2 nitrogen and oxygen atoms in total. The van der Waals surface area contributed by atoms with E-state index in [1.165, 1.54) is 23.5 Å². The van der Waals surface area contributed by atoms with Crippen LogP contribution in [0.25, 0.3) is 0 Å². The second-order valence-electron chi connectivity index (χ2n) is 7.86. The van der Waals surface area contributed by atoms with Crippen molar-refractivity contribution in [2.75, 3.05) is 25.1 Å². The van der Waals surface area contributed by atoms with Gasteiger partial charge in [-0.3, -0.25) is 0 Å². The van der Waals surface area contributed by atoms with Crippen molar-refractivity contribution in [1.82, 2.24) is 0 Å². The number of hydrogen-bond acceptors (Lipinski definition) is 2. The average Bonchev–Trinajstić information content (AvgIpc) is 3.32. The number of ether oxygens (including phenoxy) is 1. The maximum absolute atomic E-state index is 6.34. The summed E-state index contributed by atoms with van der Waals surface area (Å²) in [6, 6.07) is 25.7. The van der Waals surface area contributed by atoms with Crippen LogP contribution in [0.1, 0.15) is 42.8 Å². The van der Waals surface area contributed by atoms with Crippen molar-refractivity contribution < 1.29 is 9.15 Å². The van der Waals surface area contributed by atoms with Gasteiger partial charge in [0.2, 0.25) is 0 Å². The normalized spacial score (nSPS) is 12.7. The second-order valence-corrected chi connectivity index (χ2v) is 16.2. The summed E-state index contributed by atoms with van der Waals surface area (Å²) in [4.78, 5) is 0. The molecule has 0 N–H and O–H groups in total. The van der Waals surface area contributed by atoms with E-state index in [4.69, 9.17) is 9.15 Å². The summed E-state index contributed by atoms with van der Waals surface area (Å²) < 4.78 is 12.0. The zero-order valence-corrected chi connectivity index (χ0v) is 20.5. The van der Waals surface area contributed by atoms with Crippen LogP contribution < -0.4 is 0 Å². The zero-order chi connectivity index (χ0) is 21.1. The predicted octanol–water partition coefficient (Wildman–Crippen LogP) is 6.72. The molecule has 1 unspecified atom stereocenters. The van der Waals surface area contributed by atoms with Crippen molar-refractivity contribution in [3.05, 3.63) is 95.9 Å². The standard InChI is InChI=1S/C26H33O2PSe/c1-2-10-25(26-15-9-18-27-26)28-19-22-29(30,20-16-23-11-5-3-6-12-23)21-17-24-13-7-4-8-14-24/h3-9,11-15,18,25H,2,10,16-17,19-22H2,1H3. The van der Waals surface area contributed by atoms with E-state index in [0.29, 0.717) is 0 Å². The summed E-state index contributed by atoms with van der Waals surface area (Å²) >= 11 is 3.68. The summed E-state index contributed by atoms with van der Waals surface area (Å²) in [6.07, 6.45) is 9.74. The molecular formula is C26H33O2PSe. The van der Waals surface area contributed by atoms with E-state index in [9.17, 15) is 0 Å². The molecule has 0 aliphatic carbocycles. The van der Waals surface area contributed by atoms with Crippen molar-refractivity contribution in [2.24, 2.45) is 0 Å². The summed E-state index contributed by atoms with van der Waals surface area (Å²) in [5, 5.41) is 0. The number of benzene rings is 2. The molecule has 0 aliphatic rings. The Bertz CT molecular complexity index is 830. The minimum absolute atomic E-state index is 0.0710. The summed E-state index contributed by atoms with van der Waals surface area (Å²) in [5.74, 6) is 0.953. The van der Waals surface area contributed by atoms with E-state index in [1.54, 1.807) is 6.26 Å². The van der Waals surface area contributed by atoms with Crippen LogP contribution in [-0.2, 0) is 17.6 Å². The molecule has 1 atom stereocenters. The molecule has 3 rings (SSSR count). The Kier molecular flexibility index (Phi) is 9.69. The van der Waals surface area contributed by atoms with Crippen molar-refractivity contribution in [3.63, 3.8) is 0 Å². The van der Waals surface area contributed by atoms with Crippen molar-refractivity contribution in [3.8, 4) is 0 Å². The Balaban J connectivity index is 1.61. The summed E-state index contributed by atoms with van der Waals surface area (Å²) in [7, 11) is 0. The van der Waals surface area contributed by atoms with E-state index in [1.807, 2.05) is 12.1 Å². The summed E-state index contributed by atoms with van der Waals surface area (Å²) in [6.45, 7) is 2.99. The van der Waals surface area contributed by atoms with Gasteiger partial charge in [0, 0.05) is 0 Å². The summed E-state index contributed by atoms with van der Waals surface area (Å²) in [5.41, 5.74) is 1.62. The van der Waals surface area contributed by atoms with Gasteiger partial charge in [-0.25, -0.2) is 0 Å². The van der Waals surface area contributed by atoms with E-state index < -0.39 is 5.51 Å². The van der Waals surface area contributed by atoms with Crippen LogP contribution in [0, 0.1) is 0 Å². The first kappa shape index (κ1) is 23.3. The quantitative estimate of drug-likeness (QED) is 0.197. The van der Waals surface area contributed by atoms with Crippen LogP contribution in [-0.4, -0.2) is 40.2 Å². The molecule has 0 aliphatic heterocycles. The third-order valence-corrected chi connectivity index (χ3v) is 12.1. The zero-order valence-electron chi connectivity index (χ0n) is 17.9. The molecular weight excluding hydrogens is 454 g/mol. The van der Waals surface area contributed by atoms with Gasteiger partial charge in [-0.15, -0.1) is 0 Å². The Labute approximate surface area is 189 Å². The van der Waals surface area contributed by atoms with Gasteiger partial charge >= 0.3 is 190 Å². The van der Waals surface area contributed by atoms with Gasteiger partial charge in [-0.1, -0.05) is 0 Å². The third kappa shape index (κ3) is 7.71. The van der Waals surface area contributed by atoms with Gasteiger partial charge in [0.05, 0.1) is 0 Å². The first-order valence-corrected chi connectivity index (χ1v) is 15.5. The number of aryl methyl sites for hydroxylation is 2. The fourth-order valence-corrected chi connectivity index (χ4v) is 7.75. The van der Waals surface area contributed by atoms with E-state index in [-0.39, 0.29) is 6.10 Å². The molecule has 0 radical (unpaired) electrons. The van der Waals surface area contributed by atoms with Crippen LogP contribution in [0.5, 0.6) is 0 Å². The number of rotatable bonds is 13. The first-order chi connectivity index (χ1) is 14.7. The van der Waals surface area contributed by atoms with Gasteiger partial charge in [0.1, 0.15) is 0 Å². The minimum atomic E-state index is -1.23. The Morgan fingerprint density at radius 1 is 0.833 bits per heavy atom. The van der Waals surface area contributed by atoms with E-state index in [2.05, 4.69) is 82.7 Å². The first-order valence-electron chi connectivity index (χ1n) is 11.0. The van der Waals surface area contributed by atoms with Gasteiger partial charge in [0.25, 0.3) is 0 Å². The van der Waals surface area contributed by atoms with Crippen LogP contribution in [0.4, 0.5) is 0 Å². The second kappa shape index (κ2) is 12.5. The van der Waals surface area contributed by atoms with Gasteiger partial charge in [0.15, 0.2) is 0 Å². The molecule has 0 amide bonds. The average molecular weight is 487 g/mol. The predicted molar refractivity (Wildman–Crippen MR) is 130 cm³/mol. The Morgan fingerprint density at radius 3 is 1.93 bits per heavy atom. The fraction of sp³-hybridized carbons (Fsp3) is 0.385. The molecule has 1 heterocycles. The fourth-order valence-electron chi connectivity index (χ4n) is 3.70. The Hall–Kier alpha value is -1.37. The van der Waals surface area contributed by atoms with E-state index >= 15 is 0 Å². The van der Waals surface area contributed by atoms with Gasteiger partial charge in [-0.05, 0) is 0 Å². The molecule has 4 heteroatoms. The molecule has 0 saturated heterocycles. The monoisotopic (exact) mass is 488 g/mol. The maximum atomic E-state index is 6.34. The van der Waals surface area contributed by atoms with Crippen LogP contribution in [0.2, 0.25) is 0 Å². The molecule has 0 bridgehead atoms. The molecule has 2 aromatic carbocycles. The van der Waals surface area contributed by atoms with Crippen LogP contribution in [0.3, 0.4) is 0 Å². The van der Waals surface area contributed by atoms with Crippen LogP contribution >= 0.6 is 5.51 Å². The van der Waals surface area contributed by atoms with Crippen molar-refractivity contribution >= 4 is 20.6 Å². The van der Waals surface area contributed by atoms with Crippen LogP contribution in [0.15, 0.2) is 83.5 Å². The Morgan fingerprint density at radius 2 is 1.43 bits per heavy atom. The molecule has 0 fully saturated rings.